The minimum Gasteiger partial charge on any atom is -0.490 e. The molecule has 0 aliphatic carbocycles. The monoisotopic (exact) mass is 381 g/mol. The van der Waals surface area contributed by atoms with Crippen molar-refractivity contribution in [2.45, 2.75) is 33.9 Å². The molecule has 0 aliphatic heterocycles. The highest BCUT2D eigenvalue weighted by Gasteiger charge is 2.13. The molecule has 25 heavy (non-hydrogen) atoms. The third-order valence-corrected chi connectivity index (χ3v) is 4.23. The maximum absolute atomic E-state index is 6.45. The van der Waals surface area contributed by atoms with Crippen LogP contribution in [0.3, 0.4) is 0 Å². The molecule has 2 rings (SSSR count). The van der Waals surface area contributed by atoms with Gasteiger partial charge >= 0.3 is 0 Å². The van der Waals surface area contributed by atoms with Gasteiger partial charge in [0.05, 0.1) is 11.6 Å². The molecular formula is C20H25Cl2NO2. The van der Waals surface area contributed by atoms with Crippen LogP contribution in [0.4, 0.5) is 0 Å². The van der Waals surface area contributed by atoms with Gasteiger partial charge in [-0.1, -0.05) is 55.2 Å². The molecule has 0 aromatic heterocycles. The molecule has 0 fully saturated rings. The van der Waals surface area contributed by atoms with Gasteiger partial charge in [0.1, 0.15) is 6.61 Å². The predicted octanol–water partition coefficient (Wildman–Crippen LogP) is 5.72. The first-order chi connectivity index (χ1) is 12.0. The Labute approximate surface area is 160 Å². The van der Waals surface area contributed by atoms with Gasteiger partial charge in [-0.2, -0.15) is 0 Å². The lowest BCUT2D eigenvalue weighted by Crippen LogP contribution is -2.19. The summed E-state index contributed by atoms with van der Waals surface area (Å²) in [6, 6.07) is 11.5. The van der Waals surface area contributed by atoms with Crippen LogP contribution in [-0.4, -0.2) is 13.2 Å². The van der Waals surface area contributed by atoms with E-state index in [9.17, 15) is 0 Å². The molecule has 0 spiro atoms. The van der Waals surface area contributed by atoms with Gasteiger partial charge in [-0.15, -0.1) is 0 Å². The Hall–Kier alpha value is -1.42. The summed E-state index contributed by atoms with van der Waals surface area (Å²) in [5.74, 6) is 1.81. The van der Waals surface area contributed by atoms with E-state index in [1.54, 1.807) is 0 Å². The van der Waals surface area contributed by atoms with Gasteiger partial charge in [0.25, 0.3) is 0 Å². The van der Waals surface area contributed by atoms with E-state index in [0.717, 1.165) is 24.2 Å². The summed E-state index contributed by atoms with van der Waals surface area (Å²) in [6.07, 6.45) is 0. The molecule has 0 saturated carbocycles. The molecule has 1 N–H and O–H groups in total. The molecule has 5 heteroatoms. The summed E-state index contributed by atoms with van der Waals surface area (Å²) < 4.78 is 11.7. The van der Waals surface area contributed by atoms with Crippen molar-refractivity contribution in [3.8, 4) is 11.5 Å². The van der Waals surface area contributed by atoms with Crippen LogP contribution >= 0.6 is 23.2 Å². The molecule has 0 heterocycles. The van der Waals surface area contributed by atoms with Crippen LogP contribution in [0.25, 0.3) is 0 Å². The number of hydrogen-bond acceptors (Lipinski definition) is 3. The lowest BCUT2D eigenvalue weighted by molar-refractivity contribution is 0.269. The molecule has 0 atom stereocenters. The second kappa shape index (κ2) is 9.91. The van der Waals surface area contributed by atoms with Crippen LogP contribution in [0.1, 0.15) is 31.9 Å². The molecule has 0 radical (unpaired) electrons. The summed E-state index contributed by atoms with van der Waals surface area (Å²) in [6.45, 7) is 8.87. The molecule has 0 amide bonds. The molecule has 2 aromatic rings. The van der Waals surface area contributed by atoms with Crippen molar-refractivity contribution in [3.63, 3.8) is 0 Å². The van der Waals surface area contributed by atoms with E-state index >= 15 is 0 Å². The maximum Gasteiger partial charge on any atom is 0.180 e. The van der Waals surface area contributed by atoms with E-state index in [-0.39, 0.29) is 0 Å². The van der Waals surface area contributed by atoms with Gasteiger partial charge in [0.2, 0.25) is 0 Å². The first-order valence-electron chi connectivity index (χ1n) is 8.53. The van der Waals surface area contributed by atoms with Gasteiger partial charge < -0.3 is 14.8 Å². The van der Waals surface area contributed by atoms with Crippen LogP contribution in [0.5, 0.6) is 11.5 Å². The van der Waals surface area contributed by atoms with Crippen molar-refractivity contribution in [1.29, 1.82) is 0 Å². The average molecular weight is 382 g/mol. The number of halogens is 2. The van der Waals surface area contributed by atoms with Crippen molar-refractivity contribution in [2.24, 2.45) is 5.92 Å². The van der Waals surface area contributed by atoms with Gasteiger partial charge in [-0.3, -0.25) is 0 Å². The summed E-state index contributed by atoms with van der Waals surface area (Å²) in [5.41, 5.74) is 1.98. The fourth-order valence-corrected chi connectivity index (χ4v) is 2.88. The molecule has 3 nitrogen and oxygen atoms in total. The van der Waals surface area contributed by atoms with E-state index in [0.29, 0.717) is 40.7 Å². The highest BCUT2D eigenvalue weighted by Crippen LogP contribution is 2.37. The largest absolute Gasteiger partial charge is 0.490 e. The Bertz CT molecular complexity index is 689. The zero-order valence-electron chi connectivity index (χ0n) is 14.9. The molecule has 0 bridgehead atoms. The molecule has 2 aromatic carbocycles. The van der Waals surface area contributed by atoms with Crippen molar-refractivity contribution in [1.82, 2.24) is 5.32 Å². The van der Waals surface area contributed by atoms with E-state index in [1.165, 1.54) is 0 Å². The smallest absolute Gasteiger partial charge is 0.180 e. The van der Waals surface area contributed by atoms with Crippen molar-refractivity contribution in [3.05, 3.63) is 57.6 Å². The minimum atomic E-state index is 0.338. The zero-order chi connectivity index (χ0) is 18.2. The maximum atomic E-state index is 6.45. The summed E-state index contributed by atoms with van der Waals surface area (Å²) in [7, 11) is 0. The number of benzene rings is 2. The summed E-state index contributed by atoms with van der Waals surface area (Å²) >= 11 is 12.6. The Morgan fingerprint density at radius 1 is 1.04 bits per heavy atom. The van der Waals surface area contributed by atoms with Gasteiger partial charge in [-0.25, -0.2) is 0 Å². The topological polar surface area (TPSA) is 30.5 Å². The molecule has 136 valence electrons. The SMILES string of the molecule is CCOc1cc(CNCC(C)C)cc(Cl)c1OCc1ccccc1Cl. The Kier molecular flexibility index (Phi) is 7.89. The fraction of sp³-hybridized carbons (Fsp3) is 0.400. The van der Waals surface area contributed by atoms with Crippen LogP contribution in [-0.2, 0) is 13.2 Å². The Morgan fingerprint density at radius 2 is 1.80 bits per heavy atom. The van der Waals surface area contributed by atoms with E-state index < -0.39 is 0 Å². The molecule has 0 aliphatic rings. The number of rotatable bonds is 9. The standard InChI is InChI=1S/C20H25Cl2NO2/c1-4-24-19-10-15(12-23-11-14(2)3)9-18(22)20(19)25-13-16-7-5-6-8-17(16)21/h5-10,14,23H,4,11-13H2,1-3H3. The summed E-state index contributed by atoms with van der Waals surface area (Å²) in [5, 5.41) is 4.62. The van der Waals surface area contributed by atoms with Gasteiger partial charge in [-0.05, 0) is 43.1 Å². The summed E-state index contributed by atoms with van der Waals surface area (Å²) in [4.78, 5) is 0. The normalized spacial score (nSPS) is 11.0. The van der Waals surface area contributed by atoms with E-state index in [4.69, 9.17) is 32.7 Å². The number of ether oxygens (including phenoxy) is 2. The molecule has 0 saturated heterocycles. The van der Waals surface area contributed by atoms with Crippen molar-refractivity contribution in [2.75, 3.05) is 13.2 Å². The Morgan fingerprint density at radius 3 is 2.48 bits per heavy atom. The van der Waals surface area contributed by atoms with Gasteiger partial charge in [0, 0.05) is 17.1 Å². The first-order valence-corrected chi connectivity index (χ1v) is 9.29. The molecule has 0 unspecified atom stereocenters. The Balaban J connectivity index is 2.14. The highest BCUT2D eigenvalue weighted by atomic mass is 35.5. The second-order valence-corrected chi connectivity index (χ2v) is 7.06. The van der Waals surface area contributed by atoms with Crippen LogP contribution in [0.15, 0.2) is 36.4 Å². The second-order valence-electron chi connectivity index (χ2n) is 6.24. The van der Waals surface area contributed by atoms with Crippen molar-refractivity contribution >= 4 is 23.2 Å². The van der Waals surface area contributed by atoms with Crippen LogP contribution in [0, 0.1) is 5.92 Å². The third kappa shape index (κ3) is 6.10. The number of hydrogen-bond donors (Lipinski definition) is 1. The predicted molar refractivity (Wildman–Crippen MR) is 105 cm³/mol. The lowest BCUT2D eigenvalue weighted by Gasteiger charge is -2.16. The highest BCUT2D eigenvalue weighted by molar-refractivity contribution is 6.32. The zero-order valence-corrected chi connectivity index (χ0v) is 16.5. The lowest BCUT2D eigenvalue weighted by atomic mass is 10.1. The van der Waals surface area contributed by atoms with Crippen LogP contribution < -0.4 is 14.8 Å². The number of nitrogens with one attached hydrogen (secondary N) is 1. The molecular weight excluding hydrogens is 357 g/mol. The average Bonchev–Trinajstić information content (AvgIpc) is 2.55. The van der Waals surface area contributed by atoms with E-state index in [1.807, 2.05) is 43.3 Å². The quantitative estimate of drug-likeness (QED) is 0.602. The van der Waals surface area contributed by atoms with Gasteiger partial charge in [0.15, 0.2) is 11.5 Å². The first kappa shape index (κ1) is 19.9. The van der Waals surface area contributed by atoms with E-state index in [2.05, 4.69) is 19.2 Å². The van der Waals surface area contributed by atoms with Crippen LogP contribution in [0.2, 0.25) is 10.0 Å². The minimum absolute atomic E-state index is 0.338. The third-order valence-electron chi connectivity index (χ3n) is 3.58. The van der Waals surface area contributed by atoms with Crippen molar-refractivity contribution < 1.29 is 9.47 Å². The fourth-order valence-electron chi connectivity index (χ4n) is 2.40.